The first-order chi connectivity index (χ1) is 15.7. The van der Waals surface area contributed by atoms with E-state index in [0.29, 0.717) is 12.1 Å². The van der Waals surface area contributed by atoms with E-state index < -0.39 is 0 Å². The van der Waals surface area contributed by atoms with Gasteiger partial charge in [0.1, 0.15) is 0 Å². The van der Waals surface area contributed by atoms with Crippen LogP contribution in [0.15, 0.2) is 18.5 Å². The van der Waals surface area contributed by atoms with Crippen molar-refractivity contribution >= 4 is 11.9 Å². The van der Waals surface area contributed by atoms with Crippen molar-refractivity contribution in [2.24, 2.45) is 5.92 Å². The van der Waals surface area contributed by atoms with Crippen LogP contribution in [0, 0.1) is 5.92 Å². The number of piperidine rings is 1. The highest BCUT2D eigenvalue weighted by Gasteiger charge is 2.41. The zero-order chi connectivity index (χ0) is 21.5. The van der Waals surface area contributed by atoms with Crippen molar-refractivity contribution in [2.45, 2.75) is 57.7 Å². The second kappa shape index (κ2) is 8.56. The molecule has 2 bridgehead atoms. The molecule has 0 amide bonds. The summed E-state index contributed by atoms with van der Waals surface area (Å²) in [5.74, 6) is 2.50. The van der Waals surface area contributed by atoms with Crippen LogP contribution in [-0.4, -0.2) is 70.3 Å². The van der Waals surface area contributed by atoms with Crippen molar-refractivity contribution in [3.63, 3.8) is 0 Å². The maximum absolute atomic E-state index is 5.47. The SMILES string of the molecule is CC1CCCN(c2ncc3c(n2)CC2CCC3N2Cc2ccnc(N3CCOCC3)n2)C1. The molecule has 4 aliphatic heterocycles. The zero-order valence-electron chi connectivity index (χ0n) is 19.0. The van der Waals surface area contributed by atoms with Gasteiger partial charge in [-0.3, -0.25) is 4.90 Å². The van der Waals surface area contributed by atoms with Crippen molar-refractivity contribution in [2.75, 3.05) is 49.2 Å². The molecular formula is C24H33N7O. The number of aromatic nitrogens is 4. The molecule has 2 aromatic rings. The highest BCUT2D eigenvalue weighted by Crippen LogP contribution is 2.44. The Morgan fingerprint density at radius 1 is 1.00 bits per heavy atom. The third-order valence-corrected chi connectivity index (χ3v) is 7.60. The highest BCUT2D eigenvalue weighted by atomic mass is 16.5. The van der Waals surface area contributed by atoms with Crippen LogP contribution >= 0.6 is 0 Å². The molecule has 3 fully saturated rings. The topological polar surface area (TPSA) is 70.5 Å². The monoisotopic (exact) mass is 435 g/mol. The molecule has 2 aromatic heterocycles. The molecule has 32 heavy (non-hydrogen) atoms. The standard InChI is InChI=1S/C24H33N7O/c1-17-3-2-8-30(15-17)24-26-14-20-21(28-24)13-19-4-5-22(20)31(19)16-18-6-7-25-23(27-18)29-9-11-32-12-10-29/h6-7,14,17,19,22H,2-5,8-13,15-16H2,1H3. The van der Waals surface area contributed by atoms with Crippen molar-refractivity contribution in [3.05, 3.63) is 35.4 Å². The van der Waals surface area contributed by atoms with Gasteiger partial charge in [0, 0.05) is 69.2 Å². The lowest BCUT2D eigenvalue weighted by Crippen LogP contribution is -2.40. The van der Waals surface area contributed by atoms with E-state index in [1.807, 2.05) is 6.20 Å². The van der Waals surface area contributed by atoms with E-state index in [4.69, 9.17) is 19.7 Å². The molecular weight excluding hydrogens is 402 g/mol. The smallest absolute Gasteiger partial charge is 0.225 e. The van der Waals surface area contributed by atoms with Gasteiger partial charge in [0.2, 0.25) is 11.9 Å². The number of hydrogen-bond donors (Lipinski definition) is 0. The zero-order valence-corrected chi connectivity index (χ0v) is 19.0. The van der Waals surface area contributed by atoms with Gasteiger partial charge < -0.3 is 14.5 Å². The van der Waals surface area contributed by atoms with Gasteiger partial charge in [0.15, 0.2) is 0 Å². The average molecular weight is 436 g/mol. The van der Waals surface area contributed by atoms with Crippen LogP contribution in [-0.2, 0) is 17.7 Å². The van der Waals surface area contributed by atoms with E-state index in [1.54, 1.807) is 0 Å². The van der Waals surface area contributed by atoms with Crippen LogP contribution in [0.5, 0.6) is 0 Å². The molecule has 3 unspecified atom stereocenters. The van der Waals surface area contributed by atoms with Crippen LogP contribution < -0.4 is 9.80 Å². The van der Waals surface area contributed by atoms with Crippen molar-refractivity contribution < 1.29 is 4.74 Å². The van der Waals surface area contributed by atoms with Gasteiger partial charge in [0.05, 0.1) is 24.6 Å². The fourth-order valence-corrected chi connectivity index (χ4v) is 5.91. The molecule has 8 nitrogen and oxygen atoms in total. The van der Waals surface area contributed by atoms with Gasteiger partial charge in [-0.05, 0) is 37.7 Å². The molecule has 6 rings (SSSR count). The summed E-state index contributed by atoms with van der Waals surface area (Å²) >= 11 is 0. The van der Waals surface area contributed by atoms with E-state index in [0.717, 1.165) is 75.9 Å². The van der Waals surface area contributed by atoms with E-state index >= 15 is 0 Å². The molecule has 4 aliphatic rings. The Morgan fingerprint density at radius 2 is 1.88 bits per heavy atom. The summed E-state index contributed by atoms with van der Waals surface area (Å²) in [5, 5.41) is 0. The van der Waals surface area contributed by atoms with Crippen molar-refractivity contribution in [3.8, 4) is 0 Å². The normalized spacial score (nSPS) is 28.1. The Balaban J connectivity index is 1.20. The first kappa shape index (κ1) is 20.3. The molecule has 0 N–H and O–H groups in total. The average Bonchev–Trinajstić information content (AvgIpc) is 3.10. The molecule has 8 heteroatoms. The predicted octanol–water partition coefficient (Wildman–Crippen LogP) is 2.60. The number of anilines is 2. The number of ether oxygens (including phenoxy) is 1. The maximum atomic E-state index is 5.47. The highest BCUT2D eigenvalue weighted by molar-refractivity contribution is 5.38. The minimum atomic E-state index is 0.403. The van der Waals surface area contributed by atoms with Gasteiger partial charge in [-0.1, -0.05) is 6.92 Å². The lowest BCUT2D eigenvalue weighted by atomic mass is 9.98. The third-order valence-electron chi connectivity index (χ3n) is 7.60. The lowest BCUT2D eigenvalue weighted by Gasteiger charge is -2.36. The van der Waals surface area contributed by atoms with E-state index in [-0.39, 0.29) is 0 Å². The quantitative estimate of drug-likeness (QED) is 0.726. The van der Waals surface area contributed by atoms with Crippen molar-refractivity contribution in [1.29, 1.82) is 0 Å². The van der Waals surface area contributed by atoms with Crippen LogP contribution in [0.2, 0.25) is 0 Å². The molecule has 3 saturated heterocycles. The predicted molar refractivity (Wildman–Crippen MR) is 123 cm³/mol. The molecule has 3 atom stereocenters. The lowest BCUT2D eigenvalue weighted by molar-refractivity contribution is 0.122. The van der Waals surface area contributed by atoms with E-state index in [1.165, 1.54) is 36.9 Å². The molecule has 0 aromatic carbocycles. The summed E-state index contributed by atoms with van der Waals surface area (Å²) in [7, 11) is 0. The largest absolute Gasteiger partial charge is 0.378 e. The Morgan fingerprint density at radius 3 is 2.75 bits per heavy atom. The summed E-state index contributed by atoms with van der Waals surface area (Å²) < 4.78 is 5.47. The van der Waals surface area contributed by atoms with Crippen LogP contribution in [0.3, 0.4) is 0 Å². The summed E-state index contributed by atoms with van der Waals surface area (Å²) in [6.45, 7) is 8.58. The molecule has 170 valence electrons. The Bertz CT molecular complexity index is 963. The Kier molecular flexibility index (Phi) is 5.43. The third kappa shape index (κ3) is 3.83. The number of nitrogens with zero attached hydrogens (tertiary/aromatic N) is 7. The second-order valence-corrected chi connectivity index (χ2v) is 9.84. The van der Waals surface area contributed by atoms with E-state index in [9.17, 15) is 0 Å². The Hall–Kier alpha value is -2.32. The minimum absolute atomic E-state index is 0.403. The second-order valence-electron chi connectivity index (χ2n) is 9.84. The first-order valence-electron chi connectivity index (χ1n) is 12.3. The molecule has 0 aliphatic carbocycles. The van der Waals surface area contributed by atoms with Gasteiger partial charge in [-0.25, -0.2) is 19.9 Å². The molecule has 0 radical (unpaired) electrons. The molecule has 0 saturated carbocycles. The number of rotatable bonds is 4. The summed E-state index contributed by atoms with van der Waals surface area (Å²) in [6.07, 6.45) is 10.0. The van der Waals surface area contributed by atoms with Crippen molar-refractivity contribution in [1.82, 2.24) is 24.8 Å². The fourth-order valence-electron chi connectivity index (χ4n) is 5.91. The number of morpholine rings is 1. The fraction of sp³-hybridized carbons (Fsp3) is 0.667. The van der Waals surface area contributed by atoms with E-state index in [2.05, 4.69) is 38.9 Å². The summed E-state index contributed by atoms with van der Waals surface area (Å²) in [6, 6.07) is 3.01. The molecule has 0 spiro atoms. The summed E-state index contributed by atoms with van der Waals surface area (Å²) in [4.78, 5) is 26.6. The van der Waals surface area contributed by atoms with Crippen LogP contribution in [0.25, 0.3) is 0 Å². The summed E-state index contributed by atoms with van der Waals surface area (Å²) in [5.41, 5.74) is 3.70. The molecule has 6 heterocycles. The minimum Gasteiger partial charge on any atom is -0.378 e. The number of hydrogen-bond acceptors (Lipinski definition) is 8. The number of fused-ring (bicyclic) bond motifs is 4. The maximum Gasteiger partial charge on any atom is 0.225 e. The van der Waals surface area contributed by atoms with Crippen LogP contribution in [0.4, 0.5) is 11.9 Å². The van der Waals surface area contributed by atoms with Gasteiger partial charge >= 0.3 is 0 Å². The first-order valence-corrected chi connectivity index (χ1v) is 12.3. The van der Waals surface area contributed by atoms with Gasteiger partial charge in [-0.15, -0.1) is 0 Å². The Labute approximate surface area is 190 Å². The van der Waals surface area contributed by atoms with Gasteiger partial charge in [0.25, 0.3) is 0 Å². The van der Waals surface area contributed by atoms with Gasteiger partial charge in [-0.2, -0.15) is 0 Å². The van der Waals surface area contributed by atoms with Crippen LogP contribution in [0.1, 0.15) is 55.6 Å².